The number of hydrogen-bond acceptors (Lipinski definition) is 6. The average molecular weight is 651 g/mol. The highest BCUT2D eigenvalue weighted by molar-refractivity contribution is 7.69. The molecule has 2 heterocycles. The lowest BCUT2D eigenvalue weighted by molar-refractivity contribution is -0.350. The van der Waals surface area contributed by atoms with Crippen LogP contribution in [-0.4, -0.2) is 44.4 Å². The van der Waals surface area contributed by atoms with Gasteiger partial charge in [0.25, 0.3) is 0 Å². The van der Waals surface area contributed by atoms with Gasteiger partial charge in [0.1, 0.15) is 24.4 Å². The Bertz CT molecular complexity index is 1550. The average Bonchev–Trinajstić information content (AvgIpc) is 3.14. The Morgan fingerprint density at radius 1 is 0.522 bits per heavy atom. The van der Waals surface area contributed by atoms with Crippen LogP contribution in [0, 0.1) is 0 Å². The van der Waals surface area contributed by atoms with Gasteiger partial charge in [-0.15, -0.1) is 0 Å². The van der Waals surface area contributed by atoms with E-state index in [1.54, 1.807) is 7.11 Å². The molecule has 46 heavy (non-hydrogen) atoms. The van der Waals surface area contributed by atoms with Gasteiger partial charge in [-0.3, -0.25) is 0 Å². The first kappa shape index (κ1) is 31.3. The van der Waals surface area contributed by atoms with Gasteiger partial charge >= 0.3 is 0 Å². The summed E-state index contributed by atoms with van der Waals surface area (Å²) in [6, 6.07) is 51.4. The molecule has 2 aliphatic heterocycles. The van der Waals surface area contributed by atoms with E-state index in [0.717, 1.165) is 26.8 Å². The molecule has 0 aromatic heterocycles. The van der Waals surface area contributed by atoms with E-state index in [0.29, 0.717) is 6.61 Å². The lowest BCUT2D eigenvalue weighted by Gasteiger charge is -2.49. The minimum atomic E-state index is -1.27. The van der Waals surface area contributed by atoms with Crippen molar-refractivity contribution in [3.63, 3.8) is 0 Å². The Balaban J connectivity index is 1.31. The van der Waals surface area contributed by atoms with Crippen LogP contribution in [0.1, 0.15) is 11.9 Å². The van der Waals surface area contributed by atoms with Crippen LogP contribution in [0.3, 0.4) is 0 Å². The van der Waals surface area contributed by atoms with Crippen LogP contribution in [0.2, 0.25) is 0 Å². The second-order valence-electron chi connectivity index (χ2n) is 11.0. The molecule has 0 spiro atoms. The summed E-state index contributed by atoms with van der Waals surface area (Å²) in [5, 5.41) is 4.37. The monoisotopic (exact) mass is 650 g/mol. The molecule has 2 aliphatic rings. The van der Waals surface area contributed by atoms with Gasteiger partial charge in [-0.25, -0.2) is 0 Å². The molecule has 0 amide bonds. The Labute approximate surface area is 272 Å². The minimum Gasteiger partial charge on any atom is -0.353 e. The SMILES string of the molecule is COC1O[C@@H]2COC(c3ccccc3)O[C@H]2[C@H](OP(c2ccccc2)c2ccccc2)[C@H]1OP(c1ccccc1)c1ccccc1. The van der Waals surface area contributed by atoms with E-state index >= 15 is 0 Å². The third-order valence-corrected chi connectivity index (χ3v) is 12.0. The first-order chi connectivity index (χ1) is 22.8. The van der Waals surface area contributed by atoms with Crippen molar-refractivity contribution in [1.82, 2.24) is 0 Å². The van der Waals surface area contributed by atoms with E-state index in [1.165, 1.54) is 0 Å². The van der Waals surface area contributed by atoms with Gasteiger partial charge in [0.15, 0.2) is 12.6 Å². The fourth-order valence-electron chi connectivity index (χ4n) is 5.79. The van der Waals surface area contributed by atoms with Crippen LogP contribution >= 0.6 is 16.3 Å². The van der Waals surface area contributed by atoms with Crippen molar-refractivity contribution in [3.05, 3.63) is 157 Å². The van der Waals surface area contributed by atoms with Crippen LogP contribution in [0.15, 0.2) is 152 Å². The Hall–Kier alpha value is -3.28. The zero-order valence-corrected chi connectivity index (χ0v) is 27.2. The molecule has 7 rings (SSSR count). The standard InChI is InChI=1S/C38H36O6P2/c1-39-38-36(44-46(31-23-13-5-14-24-31)32-25-15-6-16-26-32)35(34-33(41-38)27-40-37(42-34)28-17-7-2-8-18-28)43-45(29-19-9-3-10-20-29)30-21-11-4-12-22-30/h2-26,33-38H,27H2,1H3/t33-,34-,35+,36-,37?,38?/m1/s1. The lowest BCUT2D eigenvalue weighted by atomic mass is 9.98. The van der Waals surface area contributed by atoms with Crippen molar-refractivity contribution in [1.29, 1.82) is 0 Å². The van der Waals surface area contributed by atoms with Gasteiger partial charge < -0.3 is 28.0 Å². The molecule has 0 aliphatic carbocycles. The number of methoxy groups -OCH3 is 1. The Morgan fingerprint density at radius 3 is 1.37 bits per heavy atom. The molecule has 234 valence electrons. The second kappa shape index (κ2) is 15.1. The largest absolute Gasteiger partial charge is 0.353 e. The van der Waals surface area contributed by atoms with Gasteiger partial charge in [0.2, 0.25) is 0 Å². The summed E-state index contributed by atoms with van der Waals surface area (Å²) < 4.78 is 40.2. The van der Waals surface area contributed by atoms with Crippen LogP contribution < -0.4 is 21.2 Å². The van der Waals surface area contributed by atoms with E-state index in [4.69, 9.17) is 28.0 Å². The van der Waals surface area contributed by atoms with Gasteiger partial charge in [-0.05, 0) is 0 Å². The maximum atomic E-state index is 7.34. The van der Waals surface area contributed by atoms with E-state index < -0.39 is 53.3 Å². The van der Waals surface area contributed by atoms with Gasteiger partial charge in [0, 0.05) is 33.9 Å². The summed E-state index contributed by atoms with van der Waals surface area (Å²) in [6.07, 6.45) is -3.37. The molecule has 2 unspecified atom stereocenters. The van der Waals surface area contributed by atoms with Gasteiger partial charge in [0.05, 0.1) is 22.9 Å². The molecule has 2 fully saturated rings. The normalized spacial score (nSPS) is 24.5. The number of ether oxygens (including phenoxy) is 4. The van der Waals surface area contributed by atoms with Crippen molar-refractivity contribution in [2.24, 2.45) is 0 Å². The molecule has 5 aromatic carbocycles. The van der Waals surface area contributed by atoms with Crippen molar-refractivity contribution in [3.8, 4) is 0 Å². The molecule has 8 heteroatoms. The highest BCUT2D eigenvalue weighted by Gasteiger charge is 2.53. The lowest BCUT2D eigenvalue weighted by Crippen LogP contribution is -2.63. The number of fused-ring (bicyclic) bond motifs is 1. The van der Waals surface area contributed by atoms with Crippen LogP contribution in [0.5, 0.6) is 0 Å². The summed E-state index contributed by atoms with van der Waals surface area (Å²) >= 11 is 0. The summed E-state index contributed by atoms with van der Waals surface area (Å²) in [5.41, 5.74) is 0.940. The highest BCUT2D eigenvalue weighted by Crippen LogP contribution is 2.47. The van der Waals surface area contributed by atoms with Crippen molar-refractivity contribution in [2.45, 2.75) is 37.0 Å². The maximum absolute atomic E-state index is 7.34. The summed E-state index contributed by atoms with van der Waals surface area (Å²) in [7, 11) is -0.876. The molecule has 0 N–H and O–H groups in total. The predicted octanol–water partition coefficient (Wildman–Crippen LogP) is 6.34. The zero-order valence-electron chi connectivity index (χ0n) is 25.4. The molecule has 5 aromatic rings. The van der Waals surface area contributed by atoms with E-state index in [1.807, 2.05) is 78.9 Å². The van der Waals surface area contributed by atoms with E-state index in [-0.39, 0.29) is 0 Å². The summed E-state index contributed by atoms with van der Waals surface area (Å²) in [5.74, 6) is 0. The summed E-state index contributed by atoms with van der Waals surface area (Å²) in [4.78, 5) is 0. The fraction of sp³-hybridized carbons (Fsp3) is 0.211. The molecule has 6 nitrogen and oxygen atoms in total. The quantitative estimate of drug-likeness (QED) is 0.165. The van der Waals surface area contributed by atoms with Crippen molar-refractivity contribution < 1.29 is 28.0 Å². The van der Waals surface area contributed by atoms with E-state index in [2.05, 4.69) is 72.8 Å². The summed E-state index contributed by atoms with van der Waals surface area (Å²) in [6.45, 7) is 0.331. The fourth-order valence-corrected chi connectivity index (χ4v) is 9.59. The number of hydrogen-bond donors (Lipinski definition) is 0. The third-order valence-electron chi connectivity index (χ3n) is 8.00. The molecule has 0 radical (unpaired) electrons. The third kappa shape index (κ3) is 7.01. The van der Waals surface area contributed by atoms with Gasteiger partial charge in [-0.1, -0.05) is 152 Å². The van der Waals surface area contributed by atoms with Crippen LogP contribution in [-0.2, 0) is 28.0 Å². The first-order valence-corrected chi connectivity index (χ1v) is 17.9. The van der Waals surface area contributed by atoms with Crippen molar-refractivity contribution in [2.75, 3.05) is 13.7 Å². The molecule has 6 atom stereocenters. The second-order valence-corrected chi connectivity index (χ2v) is 14.7. The molecule has 0 bridgehead atoms. The van der Waals surface area contributed by atoms with Gasteiger partial charge in [-0.2, -0.15) is 0 Å². The number of benzene rings is 5. The molecular weight excluding hydrogens is 614 g/mol. The molecule has 0 saturated carbocycles. The molecular formula is C38H36O6P2. The topological polar surface area (TPSA) is 55.4 Å². The number of rotatable bonds is 10. The maximum Gasteiger partial charge on any atom is 0.186 e. The Morgan fingerprint density at radius 2 is 0.935 bits per heavy atom. The van der Waals surface area contributed by atoms with Crippen LogP contribution in [0.4, 0.5) is 0 Å². The van der Waals surface area contributed by atoms with Crippen LogP contribution in [0.25, 0.3) is 0 Å². The minimum absolute atomic E-state index is 0.331. The highest BCUT2D eigenvalue weighted by atomic mass is 31.1. The predicted molar refractivity (Wildman–Crippen MR) is 184 cm³/mol. The smallest absolute Gasteiger partial charge is 0.186 e. The van der Waals surface area contributed by atoms with Crippen molar-refractivity contribution >= 4 is 37.5 Å². The molecule has 2 saturated heterocycles. The zero-order chi connectivity index (χ0) is 31.1. The first-order valence-electron chi connectivity index (χ1n) is 15.4. The Kier molecular flexibility index (Phi) is 10.3. The van der Waals surface area contributed by atoms with E-state index in [9.17, 15) is 0 Å².